The number of allylic oxidation sites excluding steroid dienone is 1. The number of esters is 1. The first-order valence-corrected chi connectivity index (χ1v) is 12.7. The molecular weight excluding hydrogens is 410 g/mol. The Balaban J connectivity index is 1.32. The minimum atomic E-state index is -0.148. The number of aryl methyl sites for hydroxylation is 1. The van der Waals surface area contributed by atoms with Gasteiger partial charge in [-0.3, -0.25) is 4.79 Å². The van der Waals surface area contributed by atoms with Gasteiger partial charge in [0.25, 0.3) is 0 Å². The van der Waals surface area contributed by atoms with Crippen molar-refractivity contribution in [3.05, 3.63) is 52.9 Å². The Morgan fingerprint density at radius 3 is 2.58 bits per heavy atom. The van der Waals surface area contributed by atoms with Gasteiger partial charge >= 0.3 is 5.97 Å². The second-order valence-corrected chi connectivity index (χ2v) is 11.5. The molecule has 0 saturated heterocycles. The van der Waals surface area contributed by atoms with E-state index in [2.05, 4.69) is 66.1 Å². The van der Waals surface area contributed by atoms with Crippen LogP contribution in [-0.4, -0.2) is 27.1 Å². The third-order valence-electron chi connectivity index (χ3n) is 9.75. The van der Waals surface area contributed by atoms with Gasteiger partial charge in [-0.2, -0.15) is 0 Å². The fourth-order valence-corrected chi connectivity index (χ4v) is 8.05. The Hall–Kier alpha value is -2.43. The van der Waals surface area contributed by atoms with E-state index >= 15 is 0 Å². The van der Waals surface area contributed by atoms with Crippen molar-refractivity contribution in [2.45, 2.75) is 84.2 Å². The summed E-state index contributed by atoms with van der Waals surface area (Å²) >= 11 is 0. The van der Waals surface area contributed by atoms with Gasteiger partial charge in [0.15, 0.2) is 0 Å². The lowest BCUT2D eigenvalue weighted by Crippen LogP contribution is -2.51. The third kappa shape index (κ3) is 3.07. The van der Waals surface area contributed by atoms with E-state index in [0.29, 0.717) is 17.8 Å². The van der Waals surface area contributed by atoms with Gasteiger partial charge in [0.1, 0.15) is 6.10 Å². The van der Waals surface area contributed by atoms with Crippen LogP contribution in [0.4, 0.5) is 0 Å². The number of fused-ring (bicyclic) bond motifs is 7. The minimum absolute atomic E-state index is 0.0626. The molecule has 5 heteroatoms. The van der Waals surface area contributed by atoms with Gasteiger partial charge in [0.2, 0.25) is 0 Å². The van der Waals surface area contributed by atoms with Crippen molar-refractivity contribution in [2.75, 3.05) is 0 Å². The highest BCUT2D eigenvalue weighted by molar-refractivity contribution is 5.66. The molecule has 1 aromatic carbocycles. The number of carbonyl (C=O) groups is 1. The van der Waals surface area contributed by atoms with Crippen LogP contribution in [0.25, 0.3) is 5.69 Å². The number of nitrogens with zero attached hydrogens (tertiary/aromatic N) is 3. The first-order chi connectivity index (χ1) is 15.8. The van der Waals surface area contributed by atoms with E-state index in [1.54, 1.807) is 5.57 Å². The SMILES string of the molecule is CC(=O)OC1CCC2(C)C(=CCC3C2CCC2(C)c4c(nnn4-c4ccc(C)cc4)CC32)C1. The highest BCUT2D eigenvalue weighted by Gasteiger charge is 2.59. The lowest BCUT2D eigenvalue weighted by atomic mass is 9.48. The molecule has 6 atom stereocenters. The molecule has 0 aliphatic heterocycles. The number of rotatable bonds is 2. The van der Waals surface area contributed by atoms with Crippen LogP contribution in [0.3, 0.4) is 0 Å². The predicted octanol–water partition coefficient (Wildman–Crippen LogP) is 5.48. The second kappa shape index (κ2) is 7.28. The number of hydrogen-bond donors (Lipinski definition) is 0. The highest BCUT2D eigenvalue weighted by Crippen LogP contribution is 2.64. The van der Waals surface area contributed by atoms with Crippen molar-refractivity contribution in [1.82, 2.24) is 15.0 Å². The number of benzene rings is 1. The molecule has 33 heavy (non-hydrogen) atoms. The van der Waals surface area contributed by atoms with Gasteiger partial charge < -0.3 is 4.74 Å². The van der Waals surface area contributed by atoms with Crippen LogP contribution >= 0.6 is 0 Å². The van der Waals surface area contributed by atoms with Crippen molar-refractivity contribution in [3.63, 3.8) is 0 Å². The number of ether oxygens (including phenoxy) is 1. The van der Waals surface area contributed by atoms with Crippen molar-refractivity contribution in [1.29, 1.82) is 0 Å². The first-order valence-electron chi connectivity index (χ1n) is 12.7. The molecular formula is C28H35N3O2. The highest BCUT2D eigenvalue weighted by atomic mass is 16.5. The standard InChI is InChI=1S/C28H35N3O2/c1-17-5-8-20(9-6-17)31-26-25(29-30-31)16-24-22-10-7-19-15-21(33-18(2)32)11-13-27(19,3)23(22)12-14-28(24,26)4/h5-9,21-24H,10-16H2,1-4H3. The van der Waals surface area contributed by atoms with Crippen LogP contribution in [0, 0.1) is 30.1 Å². The maximum Gasteiger partial charge on any atom is 0.302 e. The van der Waals surface area contributed by atoms with E-state index < -0.39 is 0 Å². The van der Waals surface area contributed by atoms with E-state index in [0.717, 1.165) is 37.8 Å². The molecule has 174 valence electrons. The Morgan fingerprint density at radius 1 is 1.06 bits per heavy atom. The molecule has 1 aromatic heterocycles. The molecule has 0 N–H and O–H groups in total. The first kappa shape index (κ1) is 21.1. The molecule has 2 aromatic rings. The fourth-order valence-electron chi connectivity index (χ4n) is 8.05. The minimum Gasteiger partial charge on any atom is -0.462 e. The lowest BCUT2D eigenvalue weighted by molar-refractivity contribution is -0.148. The largest absolute Gasteiger partial charge is 0.462 e. The van der Waals surface area contributed by atoms with Crippen LogP contribution in [0.2, 0.25) is 0 Å². The summed E-state index contributed by atoms with van der Waals surface area (Å²) in [6, 6.07) is 8.67. The summed E-state index contributed by atoms with van der Waals surface area (Å²) in [7, 11) is 0. The smallest absolute Gasteiger partial charge is 0.302 e. The molecule has 5 nitrogen and oxygen atoms in total. The maximum atomic E-state index is 11.5. The molecule has 6 rings (SSSR count). The van der Waals surface area contributed by atoms with Crippen LogP contribution in [-0.2, 0) is 21.4 Å². The summed E-state index contributed by atoms with van der Waals surface area (Å²) < 4.78 is 7.73. The molecule has 0 amide bonds. The zero-order valence-electron chi connectivity index (χ0n) is 20.3. The number of hydrogen-bond acceptors (Lipinski definition) is 4. The van der Waals surface area contributed by atoms with Gasteiger partial charge in [-0.15, -0.1) is 5.10 Å². The number of carbonyl (C=O) groups excluding carboxylic acids is 1. The Morgan fingerprint density at radius 2 is 1.82 bits per heavy atom. The Bertz CT molecular complexity index is 1130. The van der Waals surface area contributed by atoms with Gasteiger partial charge in [-0.05, 0) is 80.8 Å². The lowest BCUT2D eigenvalue weighted by Gasteiger charge is -2.57. The number of aromatic nitrogens is 3. The Labute approximate surface area is 196 Å². The molecule has 2 saturated carbocycles. The summed E-state index contributed by atoms with van der Waals surface area (Å²) in [6.45, 7) is 8.63. The molecule has 4 aliphatic carbocycles. The zero-order chi connectivity index (χ0) is 23.0. The monoisotopic (exact) mass is 445 g/mol. The van der Waals surface area contributed by atoms with E-state index in [-0.39, 0.29) is 22.9 Å². The van der Waals surface area contributed by atoms with Crippen LogP contribution < -0.4 is 0 Å². The average Bonchev–Trinajstić information content (AvgIpc) is 3.32. The van der Waals surface area contributed by atoms with Crippen LogP contribution in [0.1, 0.15) is 76.2 Å². The average molecular weight is 446 g/mol. The summed E-state index contributed by atoms with van der Waals surface area (Å²) in [5.74, 6) is 1.86. The maximum absolute atomic E-state index is 11.5. The molecule has 0 radical (unpaired) electrons. The molecule has 0 spiro atoms. The van der Waals surface area contributed by atoms with E-state index in [1.807, 2.05) is 0 Å². The van der Waals surface area contributed by atoms with Gasteiger partial charge in [0, 0.05) is 18.8 Å². The normalized spacial score (nSPS) is 36.8. The third-order valence-corrected chi connectivity index (χ3v) is 9.75. The summed E-state index contributed by atoms with van der Waals surface area (Å²) in [5.41, 5.74) is 6.87. The fraction of sp³-hybridized carbons (Fsp3) is 0.607. The molecule has 4 aliphatic rings. The predicted molar refractivity (Wildman–Crippen MR) is 127 cm³/mol. The zero-order valence-corrected chi connectivity index (χ0v) is 20.3. The molecule has 2 fully saturated rings. The van der Waals surface area contributed by atoms with Crippen molar-refractivity contribution in [3.8, 4) is 5.69 Å². The molecule has 0 bridgehead atoms. The second-order valence-electron chi connectivity index (χ2n) is 11.5. The van der Waals surface area contributed by atoms with E-state index in [1.165, 1.54) is 36.7 Å². The summed E-state index contributed by atoms with van der Waals surface area (Å²) in [5, 5.41) is 9.29. The van der Waals surface area contributed by atoms with Crippen molar-refractivity contribution >= 4 is 5.97 Å². The summed E-state index contributed by atoms with van der Waals surface area (Å²) in [6.07, 6.45) is 10.3. The molecule has 6 unspecified atom stereocenters. The topological polar surface area (TPSA) is 57.0 Å². The van der Waals surface area contributed by atoms with Crippen molar-refractivity contribution < 1.29 is 9.53 Å². The van der Waals surface area contributed by atoms with Gasteiger partial charge in [-0.1, -0.05) is 48.4 Å². The van der Waals surface area contributed by atoms with Crippen LogP contribution in [0.5, 0.6) is 0 Å². The van der Waals surface area contributed by atoms with Gasteiger partial charge in [0.05, 0.1) is 17.1 Å². The Kier molecular flexibility index (Phi) is 4.66. The van der Waals surface area contributed by atoms with E-state index in [9.17, 15) is 4.79 Å². The molecule has 1 heterocycles. The van der Waals surface area contributed by atoms with Crippen molar-refractivity contribution in [2.24, 2.45) is 23.2 Å². The van der Waals surface area contributed by atoms with Crippen LogP contribution in [0.15, 0.2) is 35.9 Å². The van der Waals surface area contributed by atoms with Gasteiger partial charge in [-0.25, -0.2) is 4.68 Å². The quantitative estimate of drug-likeness (QED) is 0.453. The summed E-state index contributed by atoms with van der Waals surface area (Å²) in [4.78, 5) is 11.5. The van der Waals surface area contributed by atoms with E-state index in [4.69, 9.17) is 4.74 Å².